The van der Waals surface area contributed by atoms with Crippen LogP contribution >= 0.6 is 22.7 Å². The van der Waals surface area contributed by atoms with Crippen molar-refractivity contribution in [2.24, 2.45) is 0 Å². The van der Waals surface area contributed by atoms with Gasteiger partial charge in [-0.2, -0.15) is 0 Å². The molecule has 1 atom stereocenters. The van der Waals surface area contributed by atoms with Crippen LogP contribution in [0.4, 0.5) is 0 Å². The number of hydrogen-bond acceptors (Lipinski definition) is 6. The third kappa shape index (κ3) is 3.62. The molecule has 3 aromatic heterocycles. The number of aliphatic hydroxyl groups is 1. The number of nitrogens with one attached hydrogen (secondary N) is 1. The smallest absolute Gasteiger partial charge is 0.287 e. The fraction of sp³-hybridized carbons (Fsp3) is 0.150. The fourth-order valence-corrected chi connectivity index (χ4v) is 4.55. The number of methoxy groups -OCH3 is 1. The van der Waals surface area contributed by atoms with Crippen LogP contribution in [-0.4, -0.2) is 18.1 Å². The second kappa shape index (κ2) is 7.56. The van der Waals surface area contributed by atoms with Crippen molar-refractivity contribution in [3.05, 3.63) is 74.3 Å². The van der Waals surface area contributed by atoms with E-state index in [1.807, 2.05) is 41.8 Å². The Morgan fingerprint density at radius 1 is 1.22 bits per heavy atom. The lowest BCUT2D eigenvalue weighted by atomic mass is 10.2. The van der Waals surface area contributed by atoms with Gasteiger partial charge in [-0.15, -0.1) is 22.7 Å². The predicted octanol–water partition coefficient (Wildman–Crippen LogP) is 4.58. The van der Waals surface area contributed by atoms with E-state index in [2.05, 4.69) is 5.32 Å². The summed E-state index contributed by atoms with van der Waals surface area (Å²) in [5, 5.41) is 16.0. The van der Waals surface area contributed by atoms with E-state index in [0.717, 1.165) is 20.0 Å². The lowest BCUT2D eigenvalue weighted by Crippen LogP contribution is -2.21. The Balaban J connectivity index is 1.44. The second-order valence-electron chi connectivity index (χ2n) is 5.89. The zero-order valence-corrected chi connectivity index (χ0v) is 16.1. The Hall–Kier alpha value is -2.61. The van der Waals surface area contributed by atoms with E-state index in [1.54, 1.807) is 19.2 Å². The molecule has 3 heterocycles. The highest BCUT2D eigenvalue weighted by Gasteiger charge is 2.16. The number of para-hydroxylation sites is 1. The lowest BCUT2D eigenvalue weighted by Gasteiger charge is -2.05. The molecule has 2 N–H and O–H groups in total. The van der Waals surface area contributed by atoms with Crippen LogP contribution in [0.1, 0.15) is 31.3 Å². The largest absolute Gasteiger partial charge is 0.493 e. The number of carbonyl (C=O) groups excluding carboxylic acids is 1. The molecule has 0 spiro atoms. The van der Waals surface area contributed by atoms with Gasteiger partial charge < -0.3 is 19.6 Å². The van der Waals surface area contributed by atoms with Gasteiger partial charge in [-0.1, -0.05) is 18.2 Å². The minimum atomic E-state index is -0.623. The summed E-state index contributed by atoms with van der Waals surface area (Å²) in [6.07, 6.45) is -0.623. The standard InChI is InChI=1S/C20H17NO4S2/c1-24-14-5-2-4-12-10-15(25-19(12)14)20(23)21-11-13-7-8-17(27-13)18(22)16-6-3-9-26-16/h2-10,18,22H,11H2,1H3,(H,21,23). The maximum absolute atomic E-state index is 12.4. The van der Waals surface area contributed by atoms with Crippen LogP contribution in [0.15, 0.2) is 58.3 Å². The van der Waals surface area contributed by atoms with Crippen molar-refractivity contribution in [3.8, 4) is 5.75 Å². The van der Waals surface area contributed by atoms with Gasteiger partial charge in [-0.05, 0) is 35.7 Å². The molecule has 0 aliphatic rings. The molecule has 4 aromatic rings. The Bertz CT molecular complexity index is 1060. The van der Waals surface area contributed by atoms with Crippen LogP contribution in [0, 0.1) is 0 Å². The quantitative estimate of drug-likeness (QED) is 0.498. The third-order valence-electron chi connectivity index (χ3n) is 4.14. The molecule has 27 heavy (non-hydrogen) atoms. The number of furan rings is 1. The summed E-state index contributed by atoms with van der Waals surface area (Å²) in [5.41, 5.74) is 0.558. The van der Waals surface area contributed by atoms with E-state index in [1.165, 1.54) is 22.7 Å². The van der Waals surface area contributed by atoms with Crippen molar-refractivity contribution < 1.29 is 19.1 Å². The first-order valence-corrected chi connectivity index (χ1v) is 10.00. The van der Waals surface area contributed by atoms with E-state index in [4.69, 9.17) is 9.15 Å². The highest BCUT2D eigenvalue weighted by molar-refractivity contribution is 7.12. The SMILES string of the molecule is COc1cccc2cc(C(=O)NCc3ccc(C(O)c4cccs4)s3)oc12. The molecule has 0 aliphatic carbocycles. The molecule has 4 rings (SSSR count). The Kier molecular flexibility index (Phi) is 4.98. The molecule has 0 saturated carbocycles. The number of thiophene rings is 2. The van der Waals surface area contributed by atoms with E-state index in [9.17, 15) is 9.90 Å². The Morgan fingerprint density at radius 3 is 2.89 bits per heavy atom. The van der Waals surface area contributed by atoms with Crippen LogP contribution in [0.25, 0.3) is 11.0 Å². The van der Waals surface area contributed by atoms with Crippen LogP contribution in [-0.2, 0) is 6.54 Å². The molecule has 0 radical (unpaired) electrons. The summed E-state index contributed by atoms with van der Waals surface area (Å²) in [6, 6.07) is 14.8. The molecular weight excluding hydrogens is 382 g/mol. The van der Waals surface area contributed by atoms with Gasteiger partial charge in [0.2, 0.25) is 0 Å². The molecule has 1 amide bonds. The van der Waals surface area contributed by atoms with Gasteiger partial charge in [0.15, 0.2) is 17.1 Å². The number of hydrogen-bond donors (Lipinski definition) is 2. The topological polar surface area (TPSA) is 71.7 Å². The molecule has 0 aliphatic heterocycles. The van der Waals surface area contributed by atoms with Crippen molar-refractivity contribution in [2.45, 2.75) is 12.6 Å². The first-order valence-electron chi connectivity index (χ1n) is 8.30. The minimum Gasteiger partial charge on any atom is -0.493 e. The monoisotopic (exact) mass is 399 g/mol. The first-order chi connectivity index (χ1) is 13.2. The predicted molar refractivity (Wildman–Crippen MR) is 107 cm³/mol. The van der Waals surface area contributed by atoms with Gasteiger partial charge in [0.05, 0.1) is 13.7 Å². The van der Waals surface area contributed by atoms with Crippen LogP contribution < -0.4 is 10.1 Å². The maximum atomic E-state index is 12.4. The molecule has 1 aromatic carbocycles. The molecule has 0 saturated heterocycles. The number of fused-ring (bicyclic) bond motifs is 1. The number of ether oxygens (including phenoxy) is 1. The zero-order valence-electron chi connectivity index (χ0n) is 14.5. The summed E-state index contributed by atoms with van der Waals surface area (Å²) in [5.74, 6) is 0.545. The molecule has 1 unspecified atom stereocenters. The van der Waals surface area contributed by atoms with Crippen molar-refractivity contribution in [3.63, 3.8) is 0 Å². The van der Waals surface area contributed by atoms with Gasteiger partial charge >= 0.3 is 0 Å². The summed E-state index contributed by atoms with van der Waals surface area (Å²) in [6.45, 7) is 0.370. The lowest BCUT2D eigenvalue weighted by molar-refractivity contribution is 0.0925. The van der Waals surface area contributed by atoms with Gasteiger partial charge in [0.1, 0.15) is 6.10 Å². The highest BCUT2D eigenvalue weighted by Crippen LogP contribution is 2.31. The molecular formula is C20H17NO4S2. The van der Waals surface area contributed by atoms with Gasteiger partial charge in [-0.3, -0.25) is 4.79 Å². The minimum absolute atomic E-state index is 0.241. The van der Waals surface area contributed by atoms with E-state index >= 15 is 0 Å². The van der Waals surface area contributed by atoms with Crippen LogP contribution in [0.2, 0.25) is 0 Å². The van der Waals surface area contributed by atoms with Crippen LogP contribution in [0.5, 0.6) is 5.75 Å². The van der Waals surface area contributed by atoms with Gasteiger partial charge in [0.25, 0.3) is 5.91 Å². The van der Waals surface area contributed by atoms with Crippen molar-refractivity contribution in [1.82, 2.24) is 5.32 Å². The summed E-state index contributed by atoms with van der Waals surface area (Å²) < 4.78 is 10.9. The van der Waals surface area contributed by atoms with Crippen molar-refractivity contribution in [2.75, 3.05) is 7.11 Å². The summed E-state index contributed by atoms with van der Waals surface area (Å²) >= 11 is 3.00. The Labute approximate surface area is 163 Å². The van der Waals surface area contributed by atoms with Gasteiger partial charge in [-0.25, -0.2) is 0 Å². The van der Waals surface area contributed by atoms with Crippen LogP contribution in [0.3, 0.4) is 0 Å². The van der Waals surface area contributed by atoms with Crippen molar-refractivity contribution >= 4 is 39.5 Å². The molecule has 5 nitrogen and oxygen atoms in total. The highest BCUT2D eigenvalue weighted by atomic mass is 32.1. The first kappa shape index (κ1) is 17.8. The fourth-order valence-electron chi connectivity index (χ4n) is 2.79. The number of benzene rings is 1. The van der Waals surface area contributed by atoms with E-state index < -0.39 is 6.10 Å². The molecule has 0 fully saturated rings. The number of rotatable bonds is 6. The average molecular weight is 399 g/mol. The zero-order chi connectivity index (χ0) is 18.8. The number of amides is 1. The second-order valence-corrected chi connectivity index (χ2v) is 8.07. The van der Waals surface area contributed by atoms with E-state index in [0.29, 0.717) is 17.9 Å². The number of carbonyl (C=O) groups is 1. The Morgan fingerprint density at radius 2 is 2.11 bits per heavy atom. The summed E-state index contributed by atoms with van der Waals surface area (Å²) in [4.78, 5) is 15.1. The molecule has 0 bridgehead atoms. The van der Waals surface area contributed by atoms with Gasteiger partial charge in [0, 0.05) is 20.0 Å². The maximum Gasteiger partial charge on any atom is 0.287 e. The average Bonchev–Trinajstić information content (AvgIpc) is 3.45. The van der Waals surface area contributed by atoms with E-state index in [-0.39, 0.29) is 11.7 Å². The number of aliphatic hydroxyl groups excluding tert-OH is 1. The van der Waals surface area contributed by atoms with Crippen molar-refractivity contribution in [1.29, 1.82) is 0 Å². The third-order valence-corrected chi connectivity index (χ3v) is 6.20. The normalized spacial score (nSPS) is 12.2. The summed E-state index contributed by atoms with van der Waals surface area (Å²) in [7, 11) is 1.57. The molecule has 138 valence electrons. The molecule has 7 heteroatoms.